The summed E-state index contributed by atoms with van der Waals surface area (Å²) in [6.07, 6.45) is 0. The number of thioether (sulfide) groups is 1. The summed E-state index contributed by atoms with van der Waals surface area (Å²) in [4.78, 5) is 18.4. The van der Waals surface area contributed by atoms with Crippen molar-refractivity contribution >= 4 is 17.5 Å². The Kier molecular flexibility index (Phi) is 3.14. The highest BCUT2D eigenvalue weighted by Crippen LogP contribution is 2.21. The molecule has 1 heterocycles. The largest absolute Gasteiger partial charge is 0.337 e. The number of ketones is 1. The van der Waals surface area contributed by atoms with E-state index in [0.717, 1.165) is 16.5 Å². The Labute approximate surface area is 82.3 Å². The van der Waals surface area contributed by atoms with Crippen LogP contribution in [0.2, 0.25) is 0 Å². The van der Waals surface area contributed by atoms with Crippen LogP contribution in [-0.2, 0) is 4.79 Å². The number of aryl methyl sites for hydroxylation is 2. The third-order valence-electron chi connectivity index (χ3n) is 1.97. The summed E-state index contributed by atoms with van der Waals surface area (Å²) in [7, 11) is 0. The molecule has 4 heteroatoms. The van der Waals surface area contributed by atoms with Gasteiger partial charge in [-0.25, -0.2) is 4.98 Å². The summed E-state index contributed by atoms with van der Waals surface area (Å²) in [6, 6.07) is 0. The van der Waals surface area contributed by atoms with E-state index in [-0.39, 0.29) is 11.0 Å². The summed E-state index contributed by atoms with van der Waals surface area (Å²) in [5, 5.41) is 0.808. The molecule has 1 aromatic heterocycles. The molecule has 3 nitrogen and oxygen atoms in total. The Morgan fingerprint density at radius 3 is 2.54 bits per heavy atom. The van der Waals surface area contributed by atoms with Gasteiger partial charge < -0.3 is 4.98 Å². The summed E-state index contributed by atoms with van der Waals surface area (Å²) in [6.45, 7) is 7.42. The first-order valence-electron chi connectivity index (χ1n) is 4.21. The molecule has 0 aliphatic rings. The van der Waals surface area contributed by atoms with Crippen LogP contribution in [0.25, 0.3) is 0 Å². The van der Waals surface area contributed by atoms with Crippen molar-refractivity contribution in [2.24, 2.45) is 0 Å². The van der Waals surface area contributed by atoms with Crippen LogP contribution in [0.5, 0.6) is 0 Å². The first-order chi connectivity index (χ1) is 6.00. The molecule has 0 aromatic carbocycles. The molecule has 1 unspecified atom stereocenters. The standard InChI is InChI=1S/C9H14N2OS/c1-5-6(2)11-9(10-5)13-8(4)7(3)12/h8H,1-4H3,(H,10,11). The fourth-order valence-corrected chi connectivity index (χ4v) is 1.72. The second-order valence-electron chi connectivity index (χ2n) is 3.12. The van der Waals surface area contributed by atoms with Gasteiger partial charge in [-0.2, -0.15) is 0 Å². The lowest BCUT2D eigenvalue weighted by atomic mass is 10.3. The Bertz CT molecular complexity index is 300. The van der Waals surface area contributed by atoms with E-state index in [1.54, 1.807) is 6.92 Å². The highest BCUT2D eigenvalue weighted by atomic mass is 32.2. The van der Waals surface area contributed by atoms with E-state index in [9.17, 15) is 4.79 Å². The molecule has 72 valence electrons. The van der Waals surface area contributed by atoms with Crippen LogP contribution in [0, 0.1) is 13.8 Å². The Balaban J connectivity index is 2.69. The first-order valence-corrected chi connectivity index (χ1v) is 5.09. The molecular weight excluding hydrogens is 184 g/mol. The number of Topliss-reactive ketones (excluding diaryl/α,β-unsaturated/α-hetero) is 1. The summed E-state index contributed by atoms with van der Waals surface area (Å²) in [5.41, 5.74) is 2.07. The average molecular weight is 198 g/mol. The zero-order valence-corrected chi connectivity index (χ0v) is 9.16. The topological polar surface area (TPSA) is 45.8 Å². The van der Waals surface area contributed by atoms with Crippen LogP contribution in [0.1, 0.15) is 25.2 Å². The molecule has 0 aliphatic heterocycles. The second kappa shape index (κ2) is 3.96. The highest BCUT2D eigenvalue weighted by Gasteiger charge is 2.12. The maximum absolute atomic E-state index is 11.0. The number of imidazole rings is 1. The molecule has 1 aromatic rings. The smallest absolute Gasteiger partial charge is 0.166 e. The fraction of sp³-hybridized carbons (Fsp3) is 0.556. The average Bonchev–Trinajstić information content (AvgIpc) is 2.31. The number of nitrogens with one attached hydrogen (secondary N) is 1. The molecule has 0 amide bonds. The number of nitrogens with zero attached hydrogens (tertiary/aromatic N) is 1. The molecule has 0 bridgehead atoms. The minimum absolute atomic E-state index is 0.0232. The van der Waals surface area contributed by atoms with E-state index >= 15 is 0 Å². The van der Waals surface area contributed by atoms with E-state index in [4.69, 9.17) is 0 Å². The van der Waals surface area contributed by atoms with Gasteiger partial charge in [-0.1, -0.05) is 11.8 Å². The van der Waals surface area contributed by atoms with Crippen LogP contribution in [0.15, 0.2) is 5.16 Å². The SMILES string of the molecule is CC(=O)C(C)Sc1nc(C)c(C)[nH]1. The van der Waals surface area contributed by atoms with E-state index < -0.39 is 0 Å². The fourth-order valence-electron chi connectivity index (χ4n) is 0.821. The van der Waals surface area contributed by atoms with Crippen molar-refractivity contribution in [2.75, 3.05) is 0 Å². The molecule has 0 saturated heterocycles. The van der Waals surface area contributed by atoms with E-state index in [1.165, 1.54) is 11.8 Å². The molecule has 1 N–H and O–H groups in total. The lowest BCUT2D eigenvalue weighted by Crippen LogP contribution is -2.08. The quantitative estimate of drug-likeness (QED) is 0.756. The van der Waals surface area contributed by atoms with Crippen molar-refractivity contribution in [3.8, 4) is 0 Å². The first kappa shape index (κ1) is 10.3. The lowest BCUT2D eigenvalue weighted by molar-refractivity contribution is -0.116. The number of hydrogen-bond acceptors (Lipinski definition) is 3. The van der Waals surface area contributed by atoms with E-state index in [1.807, 2.05) is 20.8 Å². The van der Waals surface area contributed by atoms with Crippen LogP contribution < -0.4 is 0 Å². The minimum Gasteiger partial charge on any atom is -0.337 e. The molecule has 1 rings (SSSR count). The lowest BCUT2D eigenvalue weighted by Gasteiger charge is -2.02. The summed E-state index contributed by atoms with van der Waals surface area (Å²) >= 11 is 1.47. The van der Waals surface area contributed by atoms with Crippen LogP contribution in [0.4, 0.5) is 0 Å². The third kappa shape index (κ3) is 2.59. The van der Waals surface area contributed by atoms with Gasteiger partial charge >= 0.3 is 0 Å². The van der Waals surface area contributed by atoms with Gasteiger partial charge in [0.25, 0.3) is 0 Å². The minimum atomic E-state index is -0.0232. The van der Waals surface area contributed by atoms with Crippen LogP contribution in [-0.4, -0.2) is 21.0 Å². The van der Waals surface area contributed by atoms with Gasteiger partial charge in [0.15, 0.2) is 5.16 Å². The summed E-state index contributed by atoms with van der Waals surface area (Å²) in [5.74, 6) is 0.178. The Morgan fingerprint density at radius 1 is 1.54 bits per heavy atom. The van der Waals surface area contributed by atoms with Crippen molar-refractivity contribution in [1.29, 1.82) is 0 Å². The number of carbonyl (C=O) groups is 1. The second-order valence-corrected chi connectivity index (χ2v) is 4.45. The van der Waals surface area contributed by atoms with Gasteiger partial charge in [0.05, 0.1) is 10.9 Å². The number of rotatable bonds is 3. The molecule has 0 fully saturated rings. The van der Waals surface area contributed by atoms with Crippen LogP contribution in [0.3, 0.4) is 0 Å². The van der Waals surface area contributed by atoms with Gasteiger partial charge in [0, 0.05) is 5.69 Å². The summed E-state index contributed by atoms with van der Waals surface area (Å²) < 4.78 is 0. The third-order valence-corrected chi connectivity index (χ3v) is 3.07. The molecule has 0 spiro atoms. The Hall–Kier alpha value is -0.770. The molecular formula is C9H14N2OS. The monoisotopic (exact) mass is 198 g/mol. The van der Waals surface area contributed by atoms with Crippen molar-refractivity contribution in [3.05, 3.63) is 11.4 Å². The molecule has 0 aliphatic carbocycles. The number of H-pyrrole nitrogens is 1. The molecule has 0 saturated carbocycles. The predicted molar refractivity (Wildman–Crippen MR) is 54.1 cm³/mol. The molecule has 0 radical (unpaired) electrons. The molecule has 1 atom stereocenters. The van der Waals surface area contributed by atoms with Gasteiger partial charge in [0.1, 0.15) is 5.78 Å². The zero-order chi connectivity index (χ0) is 10.0. The number of aromatic amines is 1. The van der Waals surface area contributed by atoms with Crippen molar-refractivity contribution in [2.45, 2.75) is 38.1 Å². The molecule has 13 heavy (non-hydrogen) atoms. The highest BCUT2D eigenvalue weighted by molar-refractivity contribution is 8.00. The number of aromatic nitrogens is 2. The normalized spacial score (nSPS) is 12.9. The zero-order valence-electron chi connectivity index (χ0n) is 8.34. The maximum atomic E-state index is 11.0. The number of carbonyl (C=O) groups excluding carboxylic acids is 1. The van der Waals surface area contributed by atoms with Crippen molar-refractivity contribution < 1.29 is 4.79 Å². The Morgan fingerprint density at radius 2 is 2.15 bits per heavy atom. The van der Waals surface area contributed by atoms with Crippen molar-refractivity contribution in [3.63, 3.8) is 0 Å². The van der Waals surface area contributed by atoms with Crippen LogP contribution >= 0.6 is 11.8 Å². The van der Waals surface area contributed by atoms with Crippen molar-refractivity contribution in [1.82, 2.24) is 9.97 Å². The van der Waals surface area contributed by atoms with Gasteiger partial charge in [0.2, 0.25) is 0 Å². The van der Waals surface area contributed by atoms with Gasteiger partial charge in [-0.15, -0.1) is 0 Å². The van der Waals surface area contributed by atoms with E-state index in [2.05, 4.69) is 9.97 Å². The predicted octanol–water partition coefficient (Wildman–Crippen LogP) is 2.10. The maximum Gasteiger partial charge on any atom is 0.166 e. The number of hydrogen-bond donors (Lipinski definition) is 1. The van der Waals surface area contributed by atoms with Gasteiger partial charge in [-0.05, 0) is 27.7 Å². The van der Waals surface area contributed by atoms with Gasteiger partial charge in [-0.3, -0.25) is 4.79 Å². The van der Waals surface area contributed by atoms with E-state index in [0.29, 0.717) is 0 Å².